The molecule has 0 saturated carbocycles. The fourth-order valence-electron chi connectivity index (χ4n) is 1.37. The molecule has 0 aliphatic carbocycles. The number of imidazole rings is 1. The number of aromatic nitrogens is 2. The van der Waals surface area contributed by atoms with Gasteiger partial charge in [0.2, 0.25) is 0 Å². The Morgan fingerprint density at radius 1 is 1.50 bits per heavy atom. The van der Waals surface area contributed by atoms with Crippen LogP contribution in [0, 0.1) is 6.92 Å². The van der Waals surface area contributed by atoms with E-state index in [9.17, 15) is 0 Å². The molecule has 1 aromatic carbocycles. The molecule has 0 amide bonds. The van der Waals surface area contributed by atoms with E-state index in [1.165, 1.54) is 0 Å². The van der Waals surface area contributed by atoms with E-state index in [-0.39, 0.29) is 6.61 Å². The highest BCUT2D eigenvalue weighted by molar-refractivity contribution is 5.79. The van der Waals surface area contributed by atoms with Crippen LogP contribution in [-0.4, -0.2) is 15.1 Å². The summed E-state index contributed by atoms with van der Waals surface area (Å²) in [5.74, 6) is 0. The van der Waals surface area contributed by atoms with E-state index in [0.29, 0.717) is 0 Å². The summed E-state index contributed by atoms with van der Waals surface area (Å²) in [4.78, 5) is 7.13. The lowest BCUT2D eigenvalue weighted by atomic mass is 10.1. The molecule has 12 heavy (non-hydrogen) atoms. The molecule has 0 aliphatic heterocycles. The molecule has 0 bridgehead atoms. The van der Waals surface area contributed by atoms with E-state index in [1.54, 1.807) is 6.33 Å². The van der Waals surface area contributed by atoms with Crippen molar-refractivity contribution in [2.75, 3.05) is 0 Å². The highest BCUT2D eigenvalue weighted by atomic mass is 16.3. The SMILES string of the molecule is Cc1ccc2[nH]cnc2c1CO. The van der Waals surface area contributed by atoms with Gasteiger partial charge < -0.3 is 10.1 Å². The van der Waals surface area contributed by atoms with Crippen molar-refractivity contribution in [1.29, 1.82) is 0 Å². The smallest absolute Gasteiger partial charge is 0.0940 e. The van der Waals surface area contributed by atoms with Crippen LogP contribution < -0.4 is 0 Å². The number of nitrogens with one attached hydrogen (secondary N) is 1. The molecular formula is C9H10N2O. The first kappa shape index (κ1) is 7.31. The van der Waals surface area contributed by atoms with Gasteiger partial charge in [-0.25, -0.2) is 4.98 Å². The van der Waals surface area contributed by atoms with Crippen LogP contribution in [0.3, 0.4) is 0 Å². The monoisotopic (exact) mass is 162 g/mol. The first-order chi connectivity index (χ1) is 5.83. The van der Waals surface area contributed by atoms with Crippen LogP contribution in [-0.2, 0) is 6.61 Å². The number of hydrogen-bond acceptors (Lipinski definition) is 2. The fraction of sp³-hybridized carbons (Fsp3) is 0.222. The third kappa shape index (κ3) is 0.905. The number of aliphatic hydroxyl groups is 1. The van der Waals surface area contributed by atoms with E-state index < -0.39 is 0 Å². The minimum Gasteiger partial charge on any atom is -0.392 e. The van der Waals surface area contributed by atoms with Crippen LogP contribution in [0.15, 0.2) is 18.5 Å². The lowest BCUT2D eigenvalue weighted by molar-refractivity contribution is 0.282. The van der Waals surface area contributed by atoms with Crippen molar-refractivity contribution in [3.8, 4) is 0 Å². The van der Waals surface area contributed by atoms with E-state index in [1.807, 2.05) is 19.1 Å². The third-order valence-corrected chi connectivity index (χ3v) is 2.09. The molecule has 2 aromatic rings. The summed E-state index contributed by atoms with van der Waals surface area (Å²) in [5, 5.41) is 9.08. The zero-order chi connectivity index (χ0) is 8.55. The highest BCUT2D eigenvalue weighted by Gasteiger charge is 2.04. The number of fused-ring (bicyclic) bond motifs is 1. The predicted molar refractivity (Wildman–Crippen MR) is 46.8 cm³/mol. The fourth-order valence-corrected chi connectivity index (χ4v) is 1.37. The zero-order valence-electron chi connectivity index (χ0n) is 6.83. The Bertz CT molecular complexity index is 406. The van der Waals surface area contributed by atoms with E-state index in [0.717, 1.165) is 22.2 Å². The number of hydrogen-bond donors (Lipinski definition) is 2. The predicted octanol–water partition coefficient (Wildman–Crippen LogP) is 1.36. The van der Waals surface area contributed by atoms with E-state index in [2.05, 4.69) is 9.97 Å². The lowest BCUT2D eigenvalue weighted by Crippen LogP contribution is -1.89. The van der Waals surface area contributed by atoms with Crippen LogP contribution in [0.1, 0.15) is 11.1 Å². The topological polar surface area (TPSA) is 48.9 Å². The van der Waals surface area contributed by atoms with Gasteiger partial charge in [-0.1, -0.05) is 6.07 Å². The molecule has 3 nitrogen and oxygen atoms in total. The standard InChI is InChI=1S/C9H10N2O/c1-6-2-3-8-9(7(6)4-12)11-5-10-8/h2-3,5,12H,4H2,1H3,(H,10,11). The maximum atomic E-state index is 9.08. The molecule has 2 N–H and O–H groups in total. The van der Waals surface area contributed by atoms with Crippen LogP contribution >= 0.6 is 0 Å². The van der Waals surface area contributed by atoms with Gasteiger partial charge in [0, 0.05) is 5.56 Å². The number of nitrogens with zero attached hydrogens (tertiary/aromatic N) is 1. The average Bonchev–Trinajstić information content (AvgIpc) is 2.52. The first-order valence-corrected chi connectivity index (χ1v) is 3.85. The highest BCUT2D eigenvalue weighted by Crippen LogP contribution is 2.18. The maximum Gasteiger partial charge on any atom is 0.0940 e. The van der Waals surface area contributed by atoms with Crippen molar-refractivity contribution in [2.45, 2.75) is 13.5 Å². The zero-order valence-corrected chi connectivity index (χ0v) is 6.83. The minimum atomic E-state index is 0.0496. The molecule has 0 unspecified atom stereocenters. The summed E-state index contributed by atoms with van der Waals surface area (Å²) in [6.07, 6.45) is 1.64. The lowest BCUT2D eigenvalue weighted by Gasteiger charge is -2.01. The summed E-state index contributed by atoms with van der Waals surface area (Å²) >= 11 is 0. The van der Waals surface area contributed by atoms with Crippen molar-refractivity contribution < 1.29 is 5.11 Å². The normalized spacial score (nSPS) is 10.8. The number of aromatic amines is 1. The van der Waals surface area contributed by atoms with Gasteiger partial charge in [0.1, 0.15) is 0 Å². The first-order valence-electron chi connectivity index (χ1n) is 3.85. The number of aryl methyl sites for hydroxylation is 1. The Morgan fingerprint density at radius 3 is 3.08 bits per heavy atom. The van der Waals surface area contributed by atoms with Gasteiger partial charge in [0.15, 0.2) is 0 Å². The van der Waals surface area contributed by atoms with Gasteiger partial charge in [-0.05, 0) is 18.6 Å². The Kier molecular flexibility index (Phi) is 1.59. The van der Waals surface area contributed by atoms with Crippen molar-refractivity contribution >= 4 is 11.0 Å². The van der Waals surface area contributed by atoms with Gasteiger partial charge in [-0.3, -0.25) is 0 Å². The van der Waals surface area contributed by atoms with Gasteiger partial charge in [0.05, 0.1) is 24.0 Å². The molecule has 2 rings (SSSR count). The van der Waals surface area contributed by atoms with Crippen molar-refractivity contribution in [2.24, 2.45) is 0 Å². The van der Waals surface area contributed by atoms with Crippen LogP contribution in [0.2, 0.25) is 0 Å². The second kappa shape index (κ2) is 2.60. The summed E-state index contributed by atoms with van der Waals surface area (Å²) in [6.45, 7) is 2.02. The average molecular weight is 162 g/mol. The van der Waals surface area contributed by atoms with Crippen molar-refractivity contribution in [3.63, 3.8) is 0 Å². The third-order valence-electron chi connectivity index (χ3n) is 2.09. The van der Waals surface area contributed by atoms with Crippen LogP contribution in [0.25, 0.3) is 11.0 Å². The Hall–Kier alpha value is -1.35. The second-order valence-corrected chi connectivity index (χ2v) is 2.82. The largest absolute Gasteiger partial charge is 0.392 e. The van der Waals surface area contributed by atoms with Crippen molar-refractivity contribution in [1.82, 2.24) is 9.97 Å². The Morgan fingerprint density at radius 2 is 2.33 bits per heavy atom. The summed E-state index contributed by atoms with van der Waals surface area (Å²) in [6, 6.07) is 3.95. The van der Waals surface area contributed by atoms with Crippen LogP contribution in [0.5, 0.6) is 0 Å². The molecule has 0 spiro atoms. The molecule has 1 heterocycles. The number of H-pyrrole nitrogens is 1. The summed E-state index contributed by atoms with van der Waals surface area (Å²) in [5.41, 5.74) is 3.84. The molecule has 0 fully saturated rings. The quantitative estimate of drug-likeness (QED) is 0.665. The summed E-state index contributed by atoms with van der Waals surface area (Å²) in [7, 11) is 0. The molecule has 0 atom stereocenters. The van der Waals surface area contributed by atoms with Gasteiger partial charge >= 0.3 is 0 Å². The number of rotatable bonds is 1. The van der Waals surface area contributed by atoms with Crippen LogP contribution in [0.4, 0.5) is 0 Å². The maximum absolute atomic E-state index is 9.08. The Balaban J connectivity index is 2.83. The van der Waals surface area contributed by atoms with Gasteiger partial charge in [-0.15, -0.1) is 0 Å². The molecule has 1 aromatic heterocycles. The van der Waals surface area contributed by atoms with E-state index in [4.69, 9.17) is 5.11 Å². The van der Waals surface area contributed by atoms with E-state index >= 15 is 0 Å². The van der Waals surface area contributed by atoms with Gasteiger partial charge in [-0.2, -0.15) is 0 Å². The second-order valence-electron chi connectivity index (χ2n) is 2.82. The van der Waals surface area contributed by atoms with Crippen molar-refractivity contribution in [3.05, 3.63) is 29.6 Å². The molecule has 3 heteroatoms. The summed E-state index contributed by atoms with van der Waals surface area (Å²) < 4.78 is 0. The molecule has 0 aliphatic rings. The number of aliphatic hydroxyl groups excluding tert-OH is 1. The molecule has 0 saturated heterocycles. The minimum absolute atomic E-state index is 0.0496. The molecular weight excluding hydrogens is 152 g/mol. The molecule has 0 radical (unpaired) electrons. The molecule has 62 valence electrons. The number of benzene rings is 1. The Labute approximate surface area is 70.1 Å². The van der Waals surface area contributed by atoms with Gasteiger partial charge in [0.25, 0.3) is 0 Å².